The van der Waals surface area contributed by atoms with Crippen molar-refractivity contribution >= 4 is 11.7 Å². The van der Waals surface area contributed by atoms with Crippen LogP contribution in [0.15, 0.2) is 5.16 Å². The lowest BCUT2D eigenvalue weighted by molar-refractivity contribution is -0.135. The zero-order valence-electron chi connectivity index (χ0n) is 10.9. The summed E-state index contributed by atoms with van der Waals surface area (Å²) >= 11 is 0. The smallest absolute Gasteiger partial charge is 0.233 e. The fourth-order valence-corrected chi connectivity index (χ4v) is 2.09. The minimum Gasteiger partial charge on any atom is -0.409 e. The van der Waals surface area contributed by atoms with Crippen LogP contribution in [0.4, 0.5) is 0 Å². The Labute approximate surface area is 103 Å². The first-order chi connectivity index (χ1) is 8.02. The lowest BCUT2D eigenvalue weighted by Crippen LogP contribution is -2.45. The van der Waals surface area contributed by atoms with E-state index in [9.17, 15) is 4.79 Å². The highest BCUT2D eigenvalue weighted by Gasteiger charge is 2.37. The van der Waals surface area contributed by atoms with Gasteiger partial charge in [0.05, 0.1) is 0 Å². The molecule has 1 unspecified atom stereocenters. The van der Waals surface area contributed by atoms with E-state index in [1.54, 1.807) is 0 Å². The number of amidine groups is 1. The van der Waals surface area contributed by atoms with Crippen molar-refractivity contribution in [1.82, 2.24) is 4.90 Å². The largest absolute Gasteiger partial charge is 0.409 e. The van der Waals surface area contributed by atoms with Crippen LogP contribution < -0.4 is 5.73 Å². The zero-order chi connectivity index (χ0) is 13.0. The summed E-state index contributed by atoms with van der Waals surface area (Å²) in [4.78, 5) is 14.3. The molecular weight excluding hydrogens is 218 g/mol. The van der Waals surface area contributed by atoms with Crippen molar-refractivity contribution in [3.8, 4) is 0 Å². The number of rotatable bonds is 6. The lowest BCUT2D eigenvalue weighted by atomic mass is 9.93. The molecule has 1 atom stereocenters. The van der Waals surface area contributed by atoms with E-state index in [0.717, 1.165) is 25.8 Å². The van der Waals surface area contributed by atoms with Crippen LogP contribution in [0.5, 0.6) is 0 Å². The highest BCUT2D eigenvalue weighted by molar-refractivity contribution is 6.02. The molecule has 0 heterocycles. The van der Waals surface area contributed by atoms with Crippen LogP contribution in [-0.4, -0.2) is 34.4 Å². The van der Waals surface area contributed by atoms with E-state index in [1.165, 1.54) is 0 Å². The summed E-state index contributed by atoms with van der Waals surface area (Å²) in [5, 5.41) is 11.8. The first kappa shape index (κ1) is 13.8. The number of nitrogens with zero attached hydrogens (tertiary/aromatic N) is 2. The predicted octanol–water partition coefficient (Wildman–Crippen LogP) is 1.41. The summed E-state index contributed by atoms with van der Waals surface area (Å²) < 4.78 is 0. The second-order valence-corrected chi connectivity index (χ2v) is 5.01. The van der Waals surface area contributed by atoms with Crippen LogP contribution in [0.1, 0.15) is 40.0 Å². The molecule has 5 heteroatoms. The number of hydrogen-bond donors (Lipinski definition) is 2. The highest BCUT2D eigenvalue weighted by Crippen LogP contribution is 2.29. The monoisotopic (exact) mass is 241 g/mol. The molecule has 0 aromatic rings. The van der Waals surface area contributed by atoms with Crippen molar-refractivity contribution in [1.29, 1.82) is 0 Å². The molecule has 1 fully saturated rings. The van der Waals surface area contributed by atoms with Crippen molar-refractivity contribution in [2.75, 3.05) is 6.54 Å². The molecule has 98 valence electrons. The van der Waals surface area contributed by atoms with Gasteiger partial charge in [-0.3, -0.25) is 4.79 Å². The Kier molecular flexibility index (Phi) is 4.78. The molecule has 0 bridgehead atoms. The van der Waals surface area contributed by atoms with Gasteiger partial charge in [-0.15, -0.1) is 0 Å². The number of oxime groups is 1. The third-order valence-corrected chi connectivity index (χ3v) is 3.10. The zero-order valence-corrected chi connectivity index (χ0v) is 10.9. The van der Waals surface area contributed by atoms with Gasteiger partial charge in [0.1, 0.15) is 5.92 Å². The number of carbonyl (C=O) groups excluding carboxylic acids is 1. The lowest BCUT2D eigenvalue weighted by Gasteiger charge is -2.28. The fourth-order valence-electron chi connectivity index (χ4n) is 2.09. The van der Waals surface area contributed by atoms with Gasteiger partial charge in [-0.1, -0.05) is 25.9 Å². The molecule has 0 saturated heterocycles. The van der Waals surface area contributed by atoms with Crippen molar-refractivity contribution in [2.45, 2.75) is 46.1 Å². The molecule has 17 heavy (non-hydrogen) atoms. The molecule has 1 aliphatic carbocycles. The van der Waals surface area contributed by atoms with E-state index >= 15 is 0 Å². The summed E-state index contributed by atoms with van der Waals surface area (Å²) in [5.74, 6) is -0.449. The summed E-state index contributed by atoms with van der Waals surface area (Å²) in [6, 6.07) is 0.371. The van der Waals surface area contributed by atoms with E-state index < -0.39 is 5.92 Å². The highest BCUT2D eigenvalue weighted by atomic mass is 16.4. The molecule has 1 amide bonds. The number of hydrogen-bond acceptors (Lipinski definition) is 3. The Bertz CT molecular complexity index is 298. The molecule has 1 saturated carbocycles. The van der Waals surface area contributed by atoms with Gasteiger partial charge in [0.2, 0.25) is 5.91 Å². The normalized spacial score (nSPS) is 18.2. The maximum absolute atomic E-state index is 12.4. The van der Waals surface area contributed by atoms with Crippen molar-refractivity contribution < 1.29 is 10.0 Å². The Morgan fingerprint density at radius 1 is 1.53 bits per heavy atom. The molecule has 0 aromatic heterocycles. The van der Waals surface area contributed by atoms with E-state index in [0.29, 0.717) is 6.04 Å². The minimum atomic E-state index is -0.507. The fraction of sp³-hybridized carbons (Fsp3) is 0.833. The first-order valence-electron chi connectivity index (χ1n) is 6.30. The van der Waals surface area contributed by atoms with E-state index in [1.807, 2.05) is 18.7 Å². The first-order valence-corrected chi connectivity index (χ1v) is 6.30. The van der Waals surface area contributed by atoms with Gasteiger partial charge in [0.15, 0.2) is 5.84 Å². The van der Waals surface area contributed by atoms with Gasteiger partial charge in [-0.25, -0.2) is 0 Å². The van der Waals surface area contributed by atoms with E-state index in [2.05, 4.69) is 12.1 Å². The van der Waals surface area contributed by atoms with Crippen LogP contribution in [-0.2, 0) is 4.79 Å². The third-order valence-electron chi connectivity index (χ3n) is 3.10. The predicted molar refractivity (Wildman–Crippen MR) is 66.8 cm³/mol. The standard InChI is InChI=1S/C12H23N3O2/c1-4-7-15(9-5-6-9)12(16)10(8(2)3)11(13)14-17/h8-10,17H,4-7H2,1-3H3,(H2,13,14). The van der Waals surface area contributed by atoms with Gasteiger partial charge in [-0.2, -0.15) is 0 Å². The molecule has 0 spiro atoms. The van der Waals surface area contributed by atoms with Crippen LogP contribution in [0.3, 0.4) is 0 Å². The maximum Gasteiger partial charge on any atom is 0.233 e. The van der Waals surface area contributed by atoms with E-state index in [-0.39, 0.29) is 17.7 Å². The summed E-state index contributed by atoms with van der Waals surface area (Å²) in [6.45, 7) is 6.64. The van der Waals surface area contributed by atoms with Gasteiger partial charge in [-0.05, 0) is 25.2 Å². The Morgan fingerprint density at radius 3 is 2.47 bits per heavy atom. The van der Waals surface area contributed by atoms with Crippen molar-refractivity contribution in [2.24, 2.45) is 22.7 Å². The average molecular weight is 241 g/mol. The quantitative estimate of drug-likeness (QED) is 0.319. The van der Waals surface area contributed by atoms with Gasteiger partial charge in [0.25, 0.3) is 0 Å². The molecular formula is C12H23N3O2. The average Bonchev–Trinajstić information content (AvgIpc) is 3.08. The Morgan fingerprint density at radius 2 is 2.12 bits per heavy atom. The van der Waals surface area contributed by atoms with Crippen molar-refractivity contribution in [3.63, 3.8) is 0 Å². The van der Waals surface area contributed by atoms with Crippen molar-refractivity contribution in [3.05, 3.63) is 0 Å². The molecule has 0 aromatic carbocycles. The van der Waals surface area contributed by atoms with E-state index in [4.69, 9.17) is 10.9 Å². The molecule has 1 aliphatic rings. The molecule has 0 radical (unpaired) electrons. The molecule has 0 aliphatic heterocycles. The Balaban J connectivity index is 2.81. The molecule has 3 N–H and O–H groups in total. The summed E-state index contributed by atoms with van der Waals surface area (Å²) in [5.41, 5.74) is 5.63. The molecule has 1 rings (SSSR count). The molecule has 5 nitrogen and oxygen atoms in total. The topological polar surface area (TPSA) is 78.9 Å². The summed E-state index contributed by atoms with van der Waals surface area (Å²) in [6.07, 6.45) is 3.09. The second kappa shape index (κ2) is 5.89. The number of amides is 1. The maximum atomic E-state index is 12.4. The minimum absolute atomic E-state index is 0.000324. The second-order valence-electron chi connectivity index (χ2n) is 5.01. The number of nitrogens with two attached hydrogens (primary N) is 1. The number of carbonyl (C=O) groups is 1. The third kappa shape index (κ3) is 3.35. The summed E-state index contributed by atoms with van der Waals surface area (Å²) in [7, 11) is 0. The van der Waals surface area contributed by atoms with Crippen LogP contribution in [0, 0.1) is 11.8 Å². The van der Waals surface area contributed by atoms with Crippen LogP contribution in [0.25, 0.3) is 0 Å². The SMILES string of the molecule is CCCN(C(=O)C(/C(N)=N/O)C(C)C)C1CC1. The van der Waals surface area contributed by atoms with Gasteiger partial charge >= 0.3 is 0 Å². The van der Waals surface area contributed by atoms with Crippen LogP contribution >= 0.6 is 0 Å². The Hall–Kier alpha value is -1.26. The van der Waals surface area contributed by atoms with Gasteiger partial charge in [0, 0.05) is 12.6 Å². The van der Waals surface area contributed by atoms with Gasteiger partial charge < -0.3 is 15.8 Å². The van der Waals surface area contributed by atoms with Crippen LogP contribution in [0.2, 0.25) is 0 Å².